The molecule has 0 aliphatic heterocycles. The Morgan fingerprint density at radius 1 is 1.14 bits per heavy atom. The number of oxime groups is 1. The fourth-order valence-electron chi connectivity index (χ4n) is 1.65. The smallest absolute Gasteiger partial charge is 0.298 e. The number of para-hydroxylation sites is 1. The van der Waals surface area contributed by atoms with Gasteiger partial charge < -0.3 is 0 Å². The van der Waals surface area contributed by atoms with Crippen LogP contribution in [0.15, 0.2) is 59.8 Å². The number of non-ortho nitro benzene ring substituents is 1. The number of carbonyl (C=O) groups excluding carboxylic acids is 1. The van der Waals surface area contributed by atoms with Gasteiger partial charge in [-0.05, 0) is 36.8 Å². The quantitative estimate of drug-likeness (QED) is 0.404. The predicted octanol–water partition coefficient (Wildman–Crippen LogP) is 3.57. The number of anilines is 1. The highest BCUT2D eigenvalue weighted by atomic mass is 16.7. The van der Waals surface area contributed by atoms with Crippen LogP contribution in [0.4, 0.5) is 16.2 Å². The van der Waals surface area contributed by atoms with Gasteiger partial charge >= 0.3 is 6.09 Å². The number of hydrogen-bond donors (Lipinski definition) is 1. The lowest BCUT2D eigenvalue weighted by Gasteiger charge is -2.03. The molecular weight excluding hydrogens is 286 g/mol. The lowest BCUT2D eigenvalue weighted by molar-refractivity contribution is -0.384. The molecule has 0 aromatic heterocycles. The Kier molecular flexibility index (Phi) is 4.81. The van der Waals surface area contributed by atoms with Crippen molar-refractivity contribution in [2.45, 2.75) is 6.92 Å². The number of nitro benzene ring substituents is 1. The number of nitro groups is 1. The fourth-order valence-corrected chi connectivity index (χ4v) is 1.65. The molecule has 0 saturated carbocycles. The molecule has 0 radical (unpaired) electrons. The number of hydrogen-bond acceptors (Lipinski definition) is 5. The van der Waals surface area contributed by atoms with Gasteiger partial charge in [0.15, 0.2) is 0 Å². The minimum atomic E-state index is -0.715. The molecule has 0 fully saturated rings. The highest BCUT2D eigenvalue weighted by Gasteiger charge is 2.07. The summed E-state index contributed by atoms with van der Waals surface area (Å²) < 4.78 is 0. The van der Waals surface area contributed by atoms with E-state index in [0.717, 1.165) is 0 Å². The SMILES string of the molecule is C/C(=N/OC(=O)Nc1ccccc1)c1ccc([N+](=O)[O-])cc1. The molecule has 0 spiro atoms. The third kappa shape index (κ3) is 4.14. The summed E-state index contributed by atoms with van der Waals surface area (Å²) in [4.78, 5) is 26.4. The average molecular weight is 299 g/mol. The minimum absolute atomic E-state index is 0.0145. The monoisotopic (exact) mass is 299 g/mol. The second-order valence-electron chi connectivity index (χ2n) is 4.35. The van der Waals surface area contributed by atoms with Gasteiger partial charge in [-0.15, -0.1) is 0 Å². The number of benzene rings is 2. The van der Waals surface area contributed by atoms with Crippen molar-refractivity contribution >= 4 is 23.2 Å². The molecule has 22 heavy (non-hydrogen) atoms. The summed E-state index contributed by atoms with van der Waals surface area (Å²) in [7, 11) is 0. The zero-order chi connectivity index (χ0) is 15.9. The van der Waals surface area contributed by atoms with E-state index in [2.05, 4.69) is 10.5 Å². The second-order valence-corrected chi connectivity index (χ2v) is 4.35. The van der Waals surface area contributed by atoms with Crippen molar-refractivity contribution in [1.82, 2.24) is 0 Å². The van der Waals surface area contributed by atoms with Crippen molar-refractivity contribution in [1.29, 1.82) is 0 Å². The van der Waals surface area contributed by atoms with Crippen molar-refractivity contribution in [2.24, 2.45) is 5.16 Å². The number of carbonyl (C=O) groups is 1. The Morgan fingerprint density at radius 2 is 1.77 bits per heavy atom. The number of nitrogens with one attached hydrogen (secondary N) is 1. The lowest BCUT2D eigenvalue weighted by Crippen LogP contribution is -2.11. The van der Waals surface area contributed by atoms with Crippen LogP contribution in [0.2, 0.25) is 0 Å². The average Bonchev–Trinajstić information content (AvgIpc) is 2.53. The van der Waals surface area contributed by atoms with Crippen LogP contribution in [0.5, 0.6) is 0 Å². The lowest BCUT2D eigenvalue weighted by atomic mass is 10.1. The van der Waals surface area contributed by atoms with Gasteiger partial charge in [0.25, 0.3) is 5.69 Å². The van der Waals surface area contributed by atoms with Crippen molar-refractivity contribution < 1.29 is 14.6 Å². The third-order valence-electron chi connectivity index (χ3n) is 2.78. The van der Waals surface area contributed by atoms with E-state index in [4.69, 9.17) is 4.84 Å². The van der Waals surface area contributed by atoms with Gasteiger partial charge in [0.2, 0.25) is 0 Å². The molecule has 0 unspecified atom stereocenters. The predicted molar refractivity (Wildman–Crippen MR) is 81.9 cm³/mol. The van der Waals surface area contributed by atoms with E-state index < -0.39 is 11.0 Å². The van der Waals surface area contributed by atoms with Crippen molar-refractivity contribution in [2.75, 3.05) is 5.32 Å². The maximum absolute atomic E-state index is 11.6. The van der Waals surface area contributed by atoms with E-state index in [9.17, 15) is 14.9 Å². The topological polar surface area (TPSA) is 93.8 Å². The van der Waals surface area contributed by atoms with E-state index in [0.29, 0.717) is 17.0 Å². The summed E-state index contributed by atoms with van der Waals surface area (Å²) in [6.45, 7) is 1.64. The summed E-state index contributed by atoms with van der Waals surface area (Å²) in [6.07, 6.45) is -0.715. The van der Waals surface area contributed by atoms with Gasteiger partial charge in [-0.1, -0.05) is 23.4 Å². The second kappa shape index (κ2) is 6.98. The molecule has 2 aromatic rings. The summed E-state index contributed by atoms with van der Waals surface area (Å²) in [5.74, 6) is 0. The molecule has 112 valence electrons. The normalized spacial score (nSPS) is 10.9. The van der Waals surface area contributed by atoms with Gasteiger partial charge in [0.05, 0.1) is 10.6 Å². The molecule has 0 saturated heterocycles. The zero-order valence-electron chi connectivity index (χ0n) is 11.7. The van der Waals surface area contributed by atoms with Crippen molar-refractivity contribution in [3.05, 3.63) is 70.3 Å². The molecule has 0 bridgehead atoms. The summed E-state index contributed by atoms with van der Waals surface area (Å²) in [5, 5.41) is 16.8. The van der Waals surface area contributed by atoms with Crippen LogP contribution < -0.4 is 5.32 Å². The Morgan fingerprint density at radius 3 is 2.36 bits per heavy atom. The Hall–Kier alpha value is -3.22. The fraction of sp³-hybridized carbons (Fsp3) is 0.0667. The highest BCUT2D eigenvalue weighted by Crippen LogP contribution is 2.13. The van der Waals surface area contributed by atoms with E-state index in [1.807, 2.05) is 6.07 Å². The first-order valence-electron chi connectivity index (χ1n) is 6.39. The molecule has 0 aliphatic rings. The van der Waals surface area contributed by atoms with Gasteiger partial charge in [-0.25, -0.2) is 4.79 Å². The van der Waals surface area contributed by atoms with Crippen molar-refractivity contribution in [3.8, 4) is 0 Å². The summed E-state index contributed by atoms with van der Waals surface area (Å²) >= 11 is 0. The first-order chi connectivity index (χ1) is 10.6. The number of amides is 1. The van der Waals surface area contributed by atoms with E-state index in [1.54, 1.807) is 31.2 Å². The Labute approximate surface area is 126 Å². The maximum atomic E-state index is 11.6. The van der Waals surface area contributed by atoms with Crippen LogP contribution in [-0.2, 0) is 4.84 Å². The summed E-state index contributed by atoms with van der Waals surface area (Å²) in [6, 6.07) is 14.6. The highest BCUT2D eigenvalue weighted by molar-refractivity contribution is 5.99. The molecule has 0 atom stereocenters. The van der Waals surface area contributed by atoms with E-state index in [1.165, 1.54) is 24.3 Å². The van der Waals surface area contributed by atoms with Gasteiger partial charge in [-0.2, -0.15) is 0 Å². The number of rotatable bonds is 4. The third-order valence-corrected chi connectivity index (χ3v) is 2.78. The Bertz CT molecular complexity index is 696. The van der Waals surface area contributed by atoms with Crippen LogP contribution in [0.25, 0.3) is 0 Å². The van der Waals surface area contributed by atoms with Crippen LogP contribution in [0.1, 0.15) is 12.5 Å². The molecule has 2 rings (SSSR count). The molecule has 7 heteroatoms. The molecule has 7 nitrogen and oxygen atoms in total. The van der Waals surface area contributed by atoms with Gasteiger partial charge in [-0.3, -0.25) is 20.3 Å². The largest absolute Gasteiger partial charge is 0.437 e. The first kappa shape index (κ1) is 15.2. The molecule has 1 N–H and O–H groups in total. The first-order valence-corrected chi connectivity index (χ1v) is 6.39. The Balaban J connectivity index is 1.97. The maximum Gasteiger partial charge on any atom is 0.437 e. The van der Waals surface area contributed by atoms with Crippen LogP contribution in [0, 0.1) is 10.1 Å². The van der Waals surface area contributed by atoms with Crippen LogP contribution in [-0.4, -0.2) is 16.7 Å². The summed E-state index contributed by atoms with van der Waals surface area (Å²) in [5.41, 5.74) is 1.63. The minimum Gasteiger partial charge on any atom is -0.298 e. The van der Waals surface area contributed by atoms with Crippen LogP contribution in [0.3, 0.4) is 0 Å². The van der Waals surface area contributed by atoms with Crippen molar-refractivity contribution in [3.63, 3.8) is 0 Å². The molecule has 0 aliphatic carbocycles. The molecule has 1 amide bonds. The molecular formula is C15H13N3O4. The number of nitrogens with zero attached hydrogens (tertiary/aromatic N) is 2. The van der Waals surface area contributed by atoms with Gasteiger partial charge in [0.1, 0.15) is 0 Å². The van der Waals surface area contributed by atoms with E-state index >= 15 is 0 Å². The molecule has 2 aromatic carbocycles. The zero-order valence-corrected chi connectivity index (χ0v) is 11.7. The molecule has 0 heterocycles. The van der Waals surface area contributed by atoms with Gasteiger partial charge in [0, 0.05) is 17.8 Å². The van der Waals surface area contributed by atoms with E-state index in [-0.39, 0.29) is 5.69 Å². The standard InChI is InChI=1S/C15H13N3O4/c1-11(12-7-9-14(10-8-12)18(20)21)17-22-15(19)16-13-5-3-2-4-6-13/h2-10H,1H3,(H,16,19)/b17-11-. The van der Waals surface area contributed by atoms with Crippen LogP contribution >= 0.6 is 0 Å².